The molecule has 2 heterocycles. The molecule has 19 heavy (non-hydrogen) atoms. The number of nitrogens with one attached hydrogen (secondary N) is 1. The van der Waals surface area contributed by atoms with Gasteiger partial charge in [0.1, 0.15) is 0 Å². The summed E-state index contributed by atoms with van der Waals surface area (Å²) in [6.07, 6.45) is 1.09. The summed E-state index contributed by atoms with van der Waals surface area (Å²) in [4.78, 5) is 13.9. The van der Waals surface area contributed by atoms with Gasteiger partial charge in [0.2, 0.25) is 5.91 Å². The number of nitrogens with zero attached hydrogens (tertiary/aromatic N) is 1. The largest absolute Gasteiger partial charge is 0.345 e. The Hall–Kier alpha value is -0.520. The fraction of sp³-hybridized carbons (Fsp3) is 0.643. The Bertz CT molecular complexity index is 446. The van der Waals surface area contributed by atoms with E-state index in [1.807, 2.05) is 32.7 Å². The van der Waals surface area contributed by atoms with Crippen LogP contribution < -0.4 is 5.32 Å². The Morgan fingerprint density at radius 1 is 1.63 bits per heavy atom. The van der Waals surface area contributed by atoms with E-state index in [0.29, 0.717) is 11.3 Å². The maximum atomic E-state index is 12.1. The lowest BCUT2D eigenvalue weighted by atomic mass is 10.0. The highest BCUT2D eigenvalue weighted by Crippen LogP contribution is 2.43. The Morgan fingerprint density at radius 3 is 3.05 bits per heavy atom. The van der Waals surface area contributed by atoms with Crippen molar-refractivity contribution in [2.75, 3.05) is 13.6 Å². The maximum Gasteiger partial charge on any atom is 0.239 e. The number of amides is 1. The molecule has 0 aromatic carbocycles. The fourth-order valence-electron chi connectivity index (χ4n) is 2.37. The van der Waals surface area contributed by atoms with Crippen molar-refractivity contribution in [3.63, 3.8) is 0 Å². The molecular formula is C14H22N2OS2. The van der Waals surface area contributed by atoms with Gasteiger partial charge >= 0.3 is 0 Å². The number of hydrogen-bond donors (Lipinski definition) is 1. The van der Waals surface area contributed by atoms with Crippen molar-refractivity contribution < 1.29 is 4.79 Å². The SMILES string of the molecule is CCN(C)C(=O)C(C)NC1C[C@H](C)Sc2sccc21. The number of likely N-dealkylation sites (N-methyl/N-ethyl adjacent to an activating group) is 1. The molecule has 1 amide bonds. The van der Waals surface area contributed by atoms with E-state index in [4.69, 9.17) is 0 Å². The first kappa shape index (κ1) is 14.9. The molecule has 2 rings (SSSR count). The number of carbonyl (C=O) groups is 1. The maximum absolute atomic E-state index is 12.1. The highest BCUT2D eigenvalue weighted by molar-refractivity contribution is 8.01. The van der Waals surface area contributed by atoms with Crippen LogP contribution in [0, 0.1) is 0 Å². The van der Waals surface area contributed by atoms with Gasteiger partial charge in [0.15, 0.2) is 0 Å². The Labute approximate surface area is 123 Å². The molecule has 0 aliphatic carbocycles. The summed E-state index contributed by atoms with van der Waals surface area (Å²) in [5, 5.41) is 6.26. The van der Waals surface area contributed by atoms with Gasteiger partial charge in [-0.3, -0.25) is 10.1 Å². The first-order chi connectivity index (χ1) is 9.02. The average molecular weight is 298 g/mol. The van der Waals surface area contributed by atoms with E-state index in [0.717, 1.165) is 13.0 Å². The van der Waals surface area contributed by atoms with Gasteiger partial charge in [-0.05, 0) is 37.3 Å². The number of rotatable bonds is 4. The highest BCUT2D eigenvalue weighted by atomic mass is 32.2. The van der Waals surface area contributed by atoms with E-state index >= 15 is 0 Å². The van der Waals surface area contributed by atoms with Gasteiger partial charge < -0.3 is 4.90 Å². The van der Waals surface area contributed by atoms with Gasteiger partial charge in [-0.25, -0.2) is 0 Å². The Balaban J connectivity index is 2.06. The zero-order valence-electron chi connectivity index (χ0n) is 12.0. The third kappa shape index (κ3) is 3.33. The van der Waals surface area contributed by atoms with Crippen LogP contribution >= 0.6 is 23.1 Å². The van der Waals surface area contributed by atoms with E-state index in [2.05, 4.69) is 23.7 Å². The summed E-state index contributed by atoms with van der Waals surface area (Å²) in [7, 11) is 1.86. The van der Waals surface area contributed by atoms with Crippen molar-refractivity contribution in [3.8, 4) is 0 Å². The molecule has 0 bridgehead atoms. The van der Waals surface area contributed by atoms with Crippen LogP contribution in [0.5, 0.6) is 0 Å². The number of fused-ring (bicyclic) bond motifs is 1. The molecule has 1 aromatic heterocycles. The van der Waals surface area contributed by atoms with E-state index in [1.165, 1.54) is 9.77 Å². The summed E-state index contributed by atoms with van der Waals surface area (Å²) in [6.45, 7) is 6.98. The molecule has 1 aliphatic rings. The fourth-order valence-corrected chi connectivity index (χ4v) is 4.93. The number of carbonyl (C=O) groups excluding carboxylic acids is 1. The molecule has 0 saturated heterocycles. The second-order valence-corrected chi connectivity index (χ2v) is 7.74. The van der Waals surface area contributed by atoms with Crippen molar-refractivity contribution >= 4 is 29.0 Å². The molecule has 1 aliphatic heterocycles. The van der Waals surface area contributed by atoms with Crippen molar-refractivity contribution in [1.82, 2.24) is 10.2 Å². The monoisotopic (exact) mass is 298 g/mol. The normalized spacial score (nSPS) is 23.8. The molecule has 106 valence electrons. The van der Waals surface area contributed by atoms with E-state index in [1.54, 1.807) is 16.2 Å². The minimum absolute atomic E-state index is 0.127. The molecule has 3 nitrogen and oxygen atoms in total. The van der Waals surface area contributed by atoms with E-state index < -0.39 is 0 Å². The van der Waals surface area contributed by atoms with Crippen LogP contribution in [0.15, 0.2) is 15.7 Å². The predicted octanol–water partition coefficient (Wildman–Crippen LogP) is 3.13. The molecule has 1 aromatic rings. The minimum atomic E-state index is -0.127. The zero-order valence-corrected chi connectivity index (χ0v) is 13.6. The topological polar surface area (TPSA) is 32.3 Å². The standard InChI is InChI=1S/C14H22N2OS2/c1-5-16(4)13(17)10(3)15-12-8-9(2)19-14-11(12)6-7-18-14/h6-7,9-10,12,15H,5,8H2,1-4H3/t9-,10?,12?/m0/s1. The molecule has 5 heteroatoms. The first-order valence-corrected chi connectivity index (χ1v) is 8.54. The highest BCUT2D eigenvalue weighted by Gasteiger charge is 2.29. The molecular weight excluding hydrogens is 276 g/mol. The first-order valence-electron chi connectivity index (χ1n) is 6.78. The lowest BCUT2D eigenvalue weighted by molar-refractivity contribution is -0.131. The summed E-state index contributed by atoms with van der Waals surface area (Å²) < 4.78 is 1.40. The van der Waals surface area contributed by atoms with Crippen LogP contribution in [0.3, 0.4) is 0 Å². The Kier molecular flexibility index (Phi) is 4.92. The number of hydrogen-bond acceptors (Lipinski definition) is 4. The van der Waals surface area contributed by atoms with Gasteiger partial charge in [0.25, 0.3) is 0 Å². The lowest BCUT2D eigenvalue weighted by Crippen LogP contribution is -2.45. The van der Waals surface area contributed by atoms with Crippen molar-refractivity contribution in [3.05, 3.63) is 17.0 Å². The molecule has 0 radical (unpaired) electrons. The number of thioether (sulfide) groups is 1. The molecule has 0 spiro atoms. The Morgan fingerprint density at radius 2 is 2.37 bits per heavy atom. The summed E-state index contributed by atoms with van der Waals surface area (Å²) >= 11 is 3.76. The minimum Gasteiger partial charge on any atom is -0.345 e. The van der Waals surface area contributed by atoms with Gasteiger partial charge in [0.05, 0.1) is 10.3 Å². The van der Waals surface area contributed by atoms with E-state index in [9.17, 15) is 4.79 Å². The predicted molar refractivity (Wildman–Crippen MR) is 82.9 cm³/mol. The third-order valence-electron chi connectivity index (χ3n) is 3.58. The molecule has 1 N–H and O–H groups in total. The van der Waals surface area contributed by atoms with Gasteiger partial charge in [0, 0.05) is 24.9 Å². The lowest BCUT2D eigenvalue weighted by Gasteiger charge is -2.31. The number of thiophene rings is 1. The summed E-state index contributed by atoms with van der Waals surface area (Å²) in [6, 6.07) is 2.37. The zero-order chi connectivity index (χ0) is 14.0. The second-order valence-electron chi connectivity index (χ2n) is 5.12. The van der Waals surface area contributed by atoms with Gasteiger partial charge in [-0.2, -0.15) is 0 Å². The van der Waals surface area contributed by atoms with Crippen LogP contribution in [0.4, 0.5) is 0 Å². The van der Waals surface area contributed by atoms with Crippen molar-refractivity contribution in [2.24, 2.45) is 0 Å². The smallest absolute Gasteiger partial charge is 0.239 e. The average Bonchev–Trinajstić information content (AvgIpc) is 2.84. The van der Waals surface area contributed by atoms with Crippen LogP contribution in [-0.4, -0.2) is 35.7 Å². The summed E-state index contributed by atoms with van der Waals surface area (Å²) in [5.74, 6) is 0.171. The molecule has 0 fully saturated rings. The van der Waals surface area contributed by atoms with Crippen LogP contribution in [0.25, 0.3) is 0 Å². The van der Waals surface area contributed by atoms with Crippen LogP contribution in [-0.2, 0) is 4.79 Å². The molecule has 0 saturated carbocycles. The quantitative estimate of drug-likeness (QED) is 0.927. The summed E-state index contributed by atoms with van der Waals surface area (Å²) in [5.41, 5.74) is 1.37. The van der Waals surface area contributed by atoms with Gasteiger partial charge in [-0.15, -0.1) is 23.1 Å². The van der Waals surface area contributed by atoms with Crippen LogP contribution in [0.1, 0.15) is 38.8 Å². The molecule has 3 atom stereocenters. The van der Waals surface area contributed by atoms with Gasteiger partial charge in [-0.1, -0.05) is 6.92 Å². The van der Waals surface area contributed by atoms with Crippen LogP contribution in [0.2, 0.25) is 0 Å². The third-order valence-corrected chi connectivity index (χ3v) is 5.93. The van der Waals surface area contributed by atoms with Crippen molar-refractivity contribution in [1.29, 1.82) is 0 Å². The second kappa shape index (κ2) is 6.29. The van der Waals surface area contributed by atoms with Crippen molar-refractivity contribution in [2.45, 2.75) is 48.7 Å². The molecule has 2 unspecified atom stereocenters. The van der Waals surface area contributed by atoms with E-state index in [-0.39, 0.29) is 11.9 Å².